The quantitative estimate of drug-likeness (QED) is 0.235. The van der Waals surface area contributed by atoms with E-state index in [0.29, 0.717) is 57.1 Å². The average Bonchev–Trinajstić information content (AvgIpc) is 3.02. The van der Waals surface area contributed by atoms with Gasteiger partial charge in [-0.15, -0.1) is 0 Å². The molecule has 0 bridgehead atoms. The Morgan fingerprint density at radius 1 is 0.800 bits per heavy atom. The van der Waals surface area contributed by atoms with Crippen molar-refractivity contribution in [2.75, 3.05) is 56.2 Å². The maximum Gasteiger partial charge on any atom is 0.416 e. The second kappa shape index (κ2) is 13.5. The Kier molecular flexibility index (Phi) is 9.68. The molecule has 1 saturated heterocycles. The SMILES string of the molecule is O=C(Nc1ccc(N2CCc3ccccc3C2)c(C(=O)NCCCN2CCOCC2)c1)c1cc(C(F)(F)F)cc(C(F)(F)F)c1. The number of nitrogens with zero attached hydrogens (tertiary/aromatic N) is 2. The summed E-state index contributed by atoms with van der Waals surface area (Å²) in [4.78, 5) is 30.7. The van der Waals surface area contributed by atoms with E-state index in [9.17, 15) is 35.9 Å². The molecule has 0 saturated carbocycles. The second-order valence-corrected chi connectivity index (χ2v) is 11.0. The number of hydrogen-bond acceptors (Lipinski definition) is 5. The number of halogens is 6. The molecular weight excluding hydrogens is 602 g/mol. The maximum absolute atomic E-state index is 13.5. The zero-order valence-corrected chi connectivity index (χ0v) is 24.2. The summed E-state index contributed by atoms with van der Waals surface area (Å²) in [5, 5.41) is 5.29. The third-order valence-electron chi connectivity index (χ3n) is 7.86. The summed E-state index contributed by atoms with van der Waals surface area (Å²) >= 11 is 0. The van der Waals surface area contributed by atoms with Crippen molar-refractivity contribution >= 4 is 23.2 Å². The molecule has 3 aromatic rings. The van der Waals surface area contributed by atoms with E-state index in [4.69, 9.17) is 4.74 Å². The Labute approximate surface area is 256 Å². The summed E-state index contributed by atoms with van der Waals surface area (Å²) < 4.78 is 85.5. The normalized spacial score (nSPS) is 15.8. The van der Waals surface area contributed by atoms with Gasteiger partial charge in [-0.25, -0.2) is 0 Å². The Hall–Kier alpha value is -4.10. The Morgan fingerprint density at radius 2 is 1.47 bits per heavy atom. The number of nitrogens with one attached hydrogen (secondary N) is 2. The number of alkyl halides is 6. The van der Waals surface area contributed by atoms with Crippen molar-refractivity contribution in [3.8, 4) is 0 Å². The van der Waals surface area contributed by atoms with Crippen molar-refractivity contribution in [2.45, 2.75) is 31.7 Å². The molecule has 0 aliphatic carbocycles. The number of carbonyl (C=O) groups excluding carboxylic acids is 2. The molecule has 0 unspecified atom stereocenters. The highest BCUT2D eigenvalue weighted by molar-refractivity contribution is 6.06. The predicted molar refractivity (Wildman–Crippen MR) is 156 cm³/mol. The molecule has 7 nitrogen and oxygen atoms in total. The fourth-order valence-electron chi connectivity index (χ4n) is 5.49. The number of ether oxygens (including phenoxy) is 1. The third kappa shape index (κ3) is 8.14. The fourth-order valence-corrected chi connectivity index (χ4v) is 5.49. The summed E-state index contributed by atoms with van der Waals surface area (Å²) in [6.07, 6.45) is -8.77. The van der Waals surface area contributed by atoms with Gasteiger partial charge in [0.25, 0.3) is 11.8 Å². The molecule has 240 valence electrons. The van der Waals surface area contributed by atoms with Crippen LogP contribution in [0.3, 0.4) is 0 Å². The van der Waals surface area contributed by atoms with Gasteiger partial charge >= 0.3 is 12.4 Å². The van der Waals surface area contributed by atoms with Gasteiger partial charge in [-0.05, 0) is 66.9 Å². The van der Waals surface area contributed by atoms with Gasteiger partial charge in [-0.1, -0.05) is 24.3 Å². The molecule has 2 N–H and O–H groups in total. The molecule has 3 aromatic carbocycles. The van der Waals surface area contributed by atoms with E-state index in [1.165, 1.54) is 17.7 Å². The summed E-state index contributed by atoms with van der Waals surface area (Å²) in [6, 6.07) is 13.1. The minimum absolute atomic E-state index is 0.0379. The molecule has 2 aliphatic heterocycles. The molecule has 5 rings (SSSR count). The lowest BCUT2D eigenvalue weighted by Crippen LogP contribution is -2.38. The minimum atomic E-state index is -5.10. The number of carbonyl (C=O) groups is 2. The number of anilines is 2. The van der Waals surface area contributed by atoms with Gasteiger partial charge in [0.15, 0.2) is 0 Å². The lowest BCUT2D eigenvalue weighted by molar-refractivity contribution is -0.143. The zero-order chi connectivity index (χ0) is 32.2. The largest absolute Gasteiger partial charge is 0.416 e. The van der Waals surface area contributed by atoms with Crippen LogP contribution in [0.5, 0.6) is 0 Å². The van der Waals surface area contributed by atoms with Gasteiger partial charge in [0, 0.05) is 49.7 Å². The third-order valence-corrected chi connectivity index (χ3v) is 7.86. The van der Waals surface area contributed by atoms with Crippen molar-refractivity contribution < 1.29 is 40.7 Å². The van der Waals surface area contributed by atoms with Gasteiger partial charge in [-0.2, -0.15) is 26.3 Å². The van der Waals surface area contributed by atoms with Crippen LogP contribution in [0.4, 0.5) is 37.7 Å². The van der Waals surface area contributed by atoms with Crippen LogP contribution >= 0.6 is 0 Å². The zero-order valence-electron chi connectivity index (χ0n) is 24.2. The Morgan fingerprint density at radius 3 is 2.13 bits per heavy atom. The number of morpholine rings is 1. The van der Waals surface area contributed by atoms with Crippen LogP contribution in [-0.2, 0) is 30.1 Å². The molecule has 0 atom stereocenters. The van der Waals surface area contributed by atoms with Crippen LogP contribution in [0.15, 0.2) is 60.7 Å². The summed E-state index contributed by atoms with van der Waals surface area (Å²) in [5.41, 5.74) is -0.853. The number of rotatable bonds is 8. The van der Waals surface area contributed by atoms with Crippen LogP contribution in [0.1, 0.15) is 49.4 Å². The number of amides is 2. The van der Waals surface area contributed by atoms with E-state index in [1.54, 1.807) is 6.07 Å². The molecule has 2 aliphatic rings. The maximum atomic E-state index is 13.5. The van der Waals surface area contributed by atoms with E-state index in [0.717, 1.165) is 31.6 Å². The van der Waals surface area contributed by atoms with Gasteiger partial charge in [0.05, 0.1) is 29.9 Å². The van der Waals surface area contributed by atoms with Crippen molar-refractivity contribution in [3.63, 3.8) is 0 Å². The first-order chi connectivity index (χ1) is 21.4. The van der Waals surface area contributed by atoms with Crippen LogP contribution in [0.2, 0.25) is 0 Å². The highest BCUT2D eigenvalue weighted by Gasteiger charge is 2.37. The number of hydrogen-bond donors (Lipinski definition) is 2. The van der Waals surface area contributed by atoms with E-state index in [-0.39, 0.29) is 17.3 Å². The van der Waals surface area contributed by atoms with Gasteiger partial charge in [0.1, 0.15) is 0 Å². The molecule has 13 heteroatoms. The molecular formula is C32H32F6N4O3. The highest BCUT2D eigenvalue weighted by Crippen LogP contribution is 2.37. The Bertz CT molecular complexity index is 1500. The van der Waals surface area contributed by atoms with Crippen molar-refractivity contribution in [1.29, 1.82) is 0 Å². The first kappa shape index (κ1) is 32.3. The lowest BCUT2D eigenvalue weighted by Gasteiger charge is -2.32. The number of fused-ring (bicyclic) bond motifs is 1. The van der Waals surface area contributed by atoms with E-state index < -0.39 is 40.9 Å². The molecule has 2 amide bonds. The van der Waals surface area contributed by atoms with Crippen LogP contribution in [0, 0.1) is 0 Å². The lowest BCUT2D eigenvalue weighted by atomic mass is 9.98. The van der Waals surface area contributed by atoms with Crippen molar-refractivity contribution in [1.82, 2.24) is 10.2 Å². The van der Waals surface area contributed by atoms with E-state index in [1.807, 2.05) is 29.2 Å². The second-order valence-electron chi connectivity index (χ2n) is 11.0. The molecule has 0 radical (unpaired) electrons. The highest BCUT2D eigenvalue weighted by atomic mass is 19.4. The van der Waals surface area contributed by atoms with E-state index >= 15 is 0 Å². The molecule has 45 heavy (non-hydrogen) atoms. The minimum Gasteiger partial charge on any atom is -0.379 e. The first-order valence-electron chi connectivity index (χ1n) is 14.5. The van der Waals surface area contributed by atoms with Crippen molar-refractivity contribution in [2.24, 2.45) is 0 Å². The van der Waals surface area contributed by atoms with Crippen LogP contribution in [-0.4, -0.2) is 62.7 Å². The standard InChI is InChI=1S/C32H32F6N4O3/c33-31(34,35)24-16-23(17-25(18-24)32(36,37)38)29(43)40-26-6-7-28(42-11-8-21-4-1-2-5-22(21)20-42)27(19-26)30(44)39-9-3-10-41-12-14-45-15-13-41/h1-2,4-7,16-19H,3,8-15,20H2,(H,39,44)(H,40,43). The smallest absolute Gasteiger partial charge is 0.379 e. The summed E-state index contributed by atoms with van der Waals surface area (Å²) in [6.45, 7) is 5.23. The fraction of sp³-hybridized carbons (Fsp3) is 0.375. The molecule has 0 aromatic heterocycles. The molecule has 2 heterocycles. The van der Waals surface area contributed by atoms with Gasteiger partial charge in [-0.3, -0.25) is 14.5 Å². The Balaban J connectivity index is 1.38. The van der Waals surface area contributed by atoms with Crippen molar-refractivity contribution in [3.05, 3.63) is 94.0 Å². The van der Waals surface area contributed by atoms with Gasteiger partial charge < -0.3 is 20.3 Å². The van der Waals surface area contributed by atoms with Gasteiger partial charge in [0.2, 0.25) is 0 Å². The molecule has 1 fully saturated rings. The monoisotopic (exact) mass is 634 g/mol. The summed E-state index contributed by atoms with van der Waals surface area (Å²) in [5.74, 6) is -1.59. The summed E-state index contributed by atoms with van der Waals surface area (Å²) in [7, 11) is 0. The topological polar surface area (TPSA) is 73.9 Å². The predicted octanol–water partition coefficient (Wildman–Crippen LogP) is 5.99. The van der Waals surface area contributed by atoms with Crippen LogP contribution in [0.25, 0.3) is 0 Å². The molecule has 0 spiro atoms. The van der Waals surface area contributed by atoms with E-state index in [2.05, 4.69) is 15.5 Å². The van der Waals surface area contributed by atoms with Crippen LogP contribution < -0.4 is 15.5 Å². The first-order valence-corrected chi connectivity index (χ1v) is 14.5. The number of benzene rings is 3. The average molecular weight is 635 g/mol.